The van der Waals surface area contributed by atoms with Crippen LogP contribution in [0.3, 0.4) is 0 Å². The summed E-state index contributed by atoms with van der Waals surface area (Å²) in [5.74, 6) is -0.200. The van der Waals surface area contributed by atoms with Gasteiger partial charge in [-0.3, -0.25) is 4.79 Å². The van der Waals surface area contributed by atoms with Crippen LogP contribution in [0.25, 0.3) is 10.8 Å². The average molecular weight is 239 g/mol. The minimum Gasteiger partial charge on any atom is -0.367 e. The summed E-state index contributed by atoms with van der Waals surface area (Å²) in [5.41, 5.74) is 1.38. The van der Waals surface area contributed by atoms with Crippen molar-refractivity contribution in [2.75, 3.05) is 6.61 Å². The highest BCUT2D eigenvalue weighted by Gasteiger charge is 2.26. The molecule has 1 aliphatic rings. The van der Waals surface area contributed by atoms with E-state index >= 15 is 0 Å². The Kier molecular flexibility index (Phi) is 2.68. The zero-order chi connectivity index (χ0) is 12.5. The lowest BCUT2D eigenvalue weighted by Crippen LogP contribution is -2.06. The molecule has 1 unspecified atom stereocenters. The van der Waals surface area contributed by atoms with Gasteiger partial charge in [0.15, 0.2) is 0 Å². The molecule has 0 radical (unpaired) electrons. The van der Waals surface area contributed by atoms with E-state index in [1.54, 1.807) is 0 Å². The Morgan fingerprint density at radius 3 is 2.67 bits per heavy atom. The molecular formula is C15H13NO2. The zero-order valence-electron chi connectivity index (χ0n) is 10.1. The van der Waals surface area contributed by atoms with Gasteiger partial charge in [-0.2, -0.15) is 0 Å². The number of fused-ring (bicyclic) bond motifs is 1. The molecular weight excluding hydrogens is 226 g/mol. The van der Waals surface area contributed by atoms with Crippen LogP contribution in [0.1, 0.15) is 17.3 Å². The molecule has 3 heteroatoms. The van der Waals surface area contributed by atoms with E-state index in [2.05, 4.69) is 4.99 Å². The van der Waals surface area contributed by atoms with Gasteiger partial charge < -0.3 is 4.74 Å². The van der Waals surface area contributed by atoms with Gasteiger partial charge in [0.1, 0.15) is 6.10 Å². The Labute approximate surface area is 105 Å². The second-order valence-corrected chi connectivity index (χ2v) is 4.44. The fourth-order valence-electron chi connectivity index (χ4n) is 1.91. The van der Waals surface area contributed by atoms with Crippen LogP contribution in [0.4, 0.5) is 0 Å². The van der Waals surface area contributed by atoms with E-state index in [0.29, 0.717) is 12.2 Å². The molecule has 1 saturated heterocycles. The second kappa shape index (κ2) is 4.35. The van der Waals surface area contributed by atoms with Crippen molar-refractivity contribution in [2.45, 2.75) is 13.0 Å². The van der Waals surface area contributed by atoms with Crippen LogP contribution in [0.5, 0.6) is 0 Å². The lowest BCUT2D eigenvalue weighted by atomic mass is 10.1. The van der Waals surface area contributed by atoms with Crippen LogP contribution >= 0.6 is 0 Å². The maximum Gasteiger partial charge on any atom is 0.277 e. The number of aliphatic imine (C=N–C) groups is 1. The maximum atomic E-state index is 12.0. The van der Waals surface area contributed by atoms with E-state index in [4.69, 9.17) is 4.74 Å². The Hall–Kier alpha value is -2.00. The normalized spacial score (nSPS) is 18.9. The van der Waals surface area contributed by atoms with Crippen LogP contribution < -0.4 is 0 Å². The zero-order valence-corrected chi connectivity index (χ0v) is 10.1. The van der Waals surface area contributed by atoms with Gasteiger partial charge in [-0.05, 0) is 29.8 Å². The molecule has 0 aliphatic carbocycles. The van der Waals surface area contributed by atoms with E-state index in [-0.39, 0.29) is 12.0 Å². The van der Waals surface area contributed by atoms with Crippen molar-refractivity contribution in [3.05, 3.63) is 48.0 Å². The van der Waals surface area contributed by atoms with Crippen molar-refractivity contribution in [1.82, 2.24) is 0 Å². The van der Waals surface area contributed by atoms with E-state index < -0.39 is 0 Å². The molecule has 1 heterocycles. The van der Waals surface area contributed by atoms with Crippen molar-refractivity contribution in [1.29, 1.82) is 0 Å². The molecule has 18 heavy (non-hydrogen) atoms. The summed E-state index contributed by atoms with van der Waals surface area (Å²) in [6.45, 7) is 2.51. The lowest BCUT2D eigenvalue weighted by Gasteiger charge is -2.00. The number of amides is 1. The summed E-state index contributed by atoms with van der Waals surface area (Å²) in [5, 5.41) is 2.18. The molecule has 1 atom stereocenters. The monoisotopic (exact) mass is 239 g/mol. The lowest BCUT2D eigenvalue weighted by molar-refractivity contribution is 0.100. The van der Waals surface area contributed by atoms with Crippen molar-refractivity contribution in [3.63, 3.8) is 0 Å². The Morgan fingerprint density at radius 1 is 1.22 bits per heavy atom. The number of hydrogen-bond donors (Lipinski definition) is 0. The number of carbonyl (C=O) groups is 1. The number of nitrogens with zero attached hydrogens (tertiary/aromatic N) is 1. The predicted octanol–water partition coefficient (Wildman–Crippen LogP) is 2.84. The molecule has 1 aliphatic heterocycles. The Morgan fingerprint density at radius 2 is 1.94 bits per heavy atom. The number of ether oxygens (including phenoxy) is 1. The summed E-state index contributed by atoms with van der Waals surface area (Å²) < 4.78 is 5.09. The maximum absolute atomic E-state index is 12.0. The van der Waals surface area contributed by atoms with Gasteiger partial charge in [0.05, 0.1) is 12.3 Å². The number of epoxide rings is 1. The first-order valence-corrected chi connectivity index (χ1v) is 5.94. The van der Waals surface area contributed by atoms with E-state index in [9.17, 15) is 4.79 Å². The van der Waals surface area contributed by atoms with Gasteiger partial charge in [0, 0.05) is 5.56 Å². The minimum absolute atomic E-state index is 0.0504. The molecule has 0 bridgehead atoms. The predicted molar refractivity (Wildman–Crippen MR) is 71.1 cm³/mol. The van der Waals surface area contributed by atoms with Crippen molar-refractivity contribution in [3.8, 4) is 0 Å². The molecule has 1 fully saturated rings. The number of hydrogen-bond acceptors (Lipinski definition) is 2. The number of benzene rings is 2. The van der Waals surface area contributed by atoms with Gasteiger partial charge in [-0.15, -0.1) is 0 Å². The molecule has 3 rings (SSSR count). The van der Waals surface area contributed by atoms with Gasteiger partial charge >= 0.3 is 0 Å². The highest BCUT2D eigenvalue weighted by atomic mass is 16.6. The SMILES string of the molecule is CC(=NC(=O)c1ccc2ccccc2c1)C1CO1. The summed E-state index contributed by atoms with van der Waals surface area (Å²) in [6, 6.07) is 13.6. The number of rotatable bonds is 2. The van der Waals surface area contributed by atoms with Crippen molar-refractivity contribution < 1.29 is 9.53 Å². The molecule has 1 amide bonds. The van der Waals surface area contributed by atoms with E-state index in [1.807, 2.05) is 49.4 Å². The third-order valence-electron chi connectivity index (χ3n) is 3.07. The fraction of sp³-hybridized carbons (Fsp3) is 0.200. The summed E-state index contributed by atoms with van der Waals surface area (Å²) in [7, 11) is 0. The molecule has 2 aromatic carbocycles. The molecule has 0 N–H and O–H groups in total. The standard InChI is InChI=1S/C15H13NO2/c1-10(14-9-18-14)16-15(17)13-7-6-11-4-2-3-5-12(11)8-13/h2-8,14H,9H2,1H3. The third-order valence-corrected chi connectivity index (χ3v) is 3.07. The third kappa shape index (κ3) is 2.17. The molecule has 2 aromatic rings. The topological polar surface area (TPSA) is 42.0 Å². The van der Waals surface area contributed by atoms with E-state index in [0.717, 1.165) is 16.5 Å². The Bertz CT molecular complexity index is 642. The van der Waals surface area contributed by atoms with Gasteiger partial charge in [-0.1, -0.05) is 30.3 Å². The van der Waals surface area contributed by atoms with Gasteiger partial charge in [0.25, 0.3) is 5.91 Å². The summed E-state index contributed by atoms with van der Waals surface area (Å²) in [4.78, 5) is 16.1. The smallest absolute Gasteiger partial charge is 0.277 e. The minimum atomic E-state index is -0.200. The summed E-state index contributed by atoms with van der Waals surface area (Å²) in [6.07, 6.45) is 0.0504. The van der Waals surface area contributed by atoms with Crippen LogP contribution in [0.2, 0.25) is 0 Å². The van der Waals surface area contributed by atoms with Crippen LogP contribution in [0.15, 0.2) is 47.5 Å². The molecule has 0 saturated carbocycles. The van der Waals surface area contributed by atoms with Gasteiger partial charge in [0.2, 0.25) is 0 Å². The summed E-state index contributed by atoms with van der Waals surface area (Å²) >= 11 is 0. The number of carbonyl (C=O) groups excluding carboxylic acids is 1. The van der Waals surface area contributed by atoms with E-state index in [1.165, 1.54) is 0 Å². The second-order valence-electron chi connectivity index (χ2n) is 4.44. The van der Waals surface area contributed by atoms with Gasteiger partial charge in [-0.25, -0.2) is 4.99 Å². The van der Waals surface area contributed by atoms with Crippen LogP contribution in [-0.2, 0) is 4.74 Å². The molecule has 3 nitrogen and oxygen atoms in total. The average Bonchev–Trinajstić information content (AvgIpc) is 3.22. The largest absolute Gasteiger partial charge is 0.367 e. The first-order chi connectivity index (χ1) is 8.74. The molecule has 90 valence electrons. The molecule has 0 spiro atoms. The van der Waals surface area contributed by atoms with Crippen LogP contribution in [-0.4, -0.2) is 24.3 Å². The molecule has 0 aromatic heterocycles. The van der Waals surface area contributed by atoms with Crippen molar-refractivity contribution >= 4 is 22.4 Å². The highest BCUT2D eigenvalue weighted by molar-refractivity contribution is 6.06. The Balaban J connectivity index is 1.93. The first kappa shape index (κ1) is 11.1. The highest BCUT2D eigenvalue weighted by Crippen LogP contribution is 2.17. The van der Waals surface area contributed by atoms with Crippen molar-refractivity contribution in [2.24, 2.45) is 4.99 Å². The fourth-order valence-corrected chi connectivity index (χ4v) is 1.91. The van der Waals surface area contributed by atoms with Crippen LogP contribution in [0, 0.1) is 0 Å². The quantitative estimate of drug-likeness (QED) is 0.597. The first-order valence-electron chi connectivity index (χ1n) is 5.94.